The molecule has 0 aliphatic carbocycles. The van der Waals surface area contributed by atoms with Crippen molar-refractivity contribution in [1.29, 1.82) is 0 Å². The second-order valence-corrected chi connectivity index (χ2v) is 11.3. The summed E-state index contributed by atoms with van der Waals surface area (Å²) in [5, 5.41) is 6.82. The van der Waals surface area contributed by atoms with Gasteiger partial charge in [0.05, 0.1) is 13.2 Å². The Bertz CT molecular complexity index is 1320. The maximum absolute atomic E-state index is 14.2. The maximum atomic E-state index is 14.2. The van der Waals surface area contributed by atoms with Crippen molar-refractivity contribution >= 4 is 35.0 Å². The van der Waals surface area contributed by atoms with Gasteiger partial charge in [-0.3, -0.25) is 9.36 Å². The molecule has 5 rings (SSSR count). The van der Waals surface area contributed by atoms with Crippen molar-refractivity contribution in [3.05, 3.63) is 96.1 Å². The molecule has 4 aromatic carbocycles. The van der Waals surface area contributed by atoms with Crippen LogP contribution in [0.4, 0.5) is 0 Å². The molecule has 33 heavy (non-hydrogen) atoms. The lowest BCUT2D eigenvalue weighted by molar-refractivity contribution is 0.0362. The van der Waals surface area contributed by atoms with Gasteiger partial charge < -0.3 is 14.4 Å². The van der Waals surface area contributed by atoms with Crippen LogP contribution in [0.2, 0.25) is 0 Å². The third kappa shape index (κ3) is 4.20. The first-order valence-corrected chi connectivity index (χ1v) is 12.6. The molecular formula is C27H26NO4P. The summed E-state index contributed by atoms with van der Waals surface area (Å²) in [5.74, 6) is -1.29. The zero-order valence-electron chi connectivity index (χ0n) is 18.7. The van der Waals surface area contributed by atoms with Gasteiger partial charge in [-0.1, -0.05) is 80.6 Å². The van der Waals surface area contributed by atoms with E-state index in [1.165, 1.54) is 0 Å². The van der Waals surface area contributed by atoms with Gasteiger partial charge in [0.1, 0.15) is 0 Å². The van der Waals surface area contributed by atoms with E-state index in [9.17, 15) is 9.36 Å². The molecule has 1 amide bonds. The molecule has 0 radical (unpaired) electrons. The molecule has 0 saturated carbocycles. The number of hydrogen-bond acceptors (Lipinski definition) is 4. The van der Waals surface area contributed by atoms with Crippen LogP contribution >= 0.6 is 7.60 Å². The predicted octanol–water partition coefficient (Wildman–Crippen LogP) is 6.69. The Morgan fingerprint density at radius 2 is 1.36 bits per heavy atom. The highest BCUT2D eigenvalue weighted by atomic mass is 31.2. The second-order valence-electron chi connectivity index (χ2n) is 9.23. The van der Waals surface area contributed by atoms with Crippen LogP contribution in [0, 0.1) is 5.41 Å². The molecule has 168 valence electrons. The van der Waals surface area contributed by atoms with Gasteiger partial charge in [0.25, 0.3) is 5.91 Å². The van der Waals surface area contributed by atoms with E-state index in [0.717, 1.165) is 27.1 Å². The highest BCUT2D eigenvalue weighted by Gasteiger charge is 2.45. The van der Waals surface area contributed by atoms with Crippen LogP contribution < -0.4 is 5.32 Å². The number of fused-ring (bicyclic) bond motifs is 2. The smallest absolute Gasteiger partial charge is 0.334 e. The fourth-order valence-electron chi connectivity index (χ4n) is 4.21. The summed E-state index contributed by atoms with van der Waals surface area (Å²) in [7, 11) is -3.74. The van der Waals surface area contributed by atoms with E-state index in [1.54, 1.807) is 24.3 Å². The van der Waals surface area contributed by atoms with Crippen LogP contribution in [0.15, 0.2) is 84.9 Å². The number of benzene rings is 4. The molecule has 0 bridgehead atoms. The van der Waals surface area contributed by atoms with Crippen molar-refractivity contribution in [2.45, 2.75) is 19.6 Å². The summed E-state index contributed by atoms with van der Waals surface area (Å²) in [6.45, 7) is 4.57. The molecule has 1 saturated heterocycles. The van der Waals surface area contributed by atoms with Crippen molar-refractivity contribution in [3.63, 3.8) is 0 Å². The first-order valence-electron chi connectivity index (χ1n) is 11.0. The molecule has 1 N–H and O–H groups in total. The number of carbonyl (C=O) groups excluding carboxylic acids is 1. The summed E-state index contributed by atoms with van der Waals surface area (Å²) >= 11 is 0. The van der Waals surface area contributed by atoms with Gasteiger partial charge in [-0.15, -0.1) is 0 Å². The quantitative estimate of drug-likeness (QED) is 0.273. The van der Waals surface area contributed by atoms with Crippen LogP contribution in [0.5, 0.6) is 0 Å². The van der Waals surface area contributed by atoms with Gasteiger partial charge in [-0.2, -0.15) is 0 Å². The van der Waals surface area contributed by atoms with Gasteiger partial charge in [0, 0.05) is 16.5 Å². The number of rotatable bonds is 4. The number of nitrogens with one attached hydrogen (secondary N) is 1. The zero-order chi connectivity index (χ0) is 23.1. The van der Waals surface area contributed by atoms with E-state index >= 15 is 0 Å². The predicted molar refractivity (Wildman–Crippen MR) is 131 cm³/mol. The number of amides is 1. The van der Waals surface area contributed by atoms with Gasteiger partial charge >= 0.3 is 7.60 Å². The normalized spacial score (nSPS) is 18.1. The Balaban J connectivity index is 1.71. The minimum Gasteiger partial charge on any atom is -0.334 e. The molecule has 1 unspecified atom stereocenters. The molecule has 1 heterocycles. The summed E-state index contributed by atoms with van der Waals surface area (Å²) in [6.07, 6.45) is 0. The lowest BCUT2D eigenvalue weighted by atomic mass is 9.96. The molecule has 1 aliphatic rings. The summed E-state index contributed by atoms with van der Waals surface area (Å²) in [5.41, 5.74) is 0.968. The van der Waals surface area contributed by atoms with E-state index in [-0.39, 0.29) is 24.5 Å². The van der Waals surface area contributed by atoms with Gasteiger partial charge in [-0.25, -0.2) is 0 Å². The third-order valence-corrected chi connectivity index (χ3v) is 7.97. The first-order chi connectivity index (χ1) is 15.9. The molecule has 1 aliphatic heterocycles. The Kier molecular flexibility index (Phi) is 5.57. The average Bonchev–Trinajstić information content (AvgIpc) is 2.84. The molecule has 0 aromatic heterocycles. The average molecular weight is 459 g/mol. The topological polar surface area (TPSA) is 64.6 Å². The molecular weight excluding hydrogens is 433 g/mol. The SMILES string of the molecule is CC1(C)COP(=O)(C(NC(=O)c2ccccc2)c2c3ccccc3cc3ccccc23)OC1. The van der Waals surface area contributed by atoms with E-state index < -0.39 is 13.4 Å². The Hall–Kier alpha value is -2.98. The van der Waals surface area contributed by atoms with Gasteiger partial charge in [0.2, 0.25) is 0 Å². The minimum absolute atomic E-state index is 0.261. The summed E-state index contributed by atoms with van der Waals surface area (Å²) in [6, 6.07) is 26.8. The summed E-state index contributed by atoms with van der Waals surface area (Å²) < 4.78 is 26.1. The standard InChI is InChI=1S/C27H26NO4P/c1-27(2)17-31-33(30,32-18-27)26(28-25(29)19-10-4-3-5-11-19)24-22-14-8-6-12-20(22)16-21-13-7-9-15-23(21)24/h3-16,26H,17-18H2,1-2H3,(H,28,29). The molecule has 4 aromatic rings. The van der Waals surface area contributed by atoms with Crippen LogP contribution in [-0.4, -0.2) is 19.1 Å². The molecule has 1 atom stereocenters. The Morgan fingerprint density at radius 3 is 1.94 bits per heavy atom. The molecule has 6 heteroatoms. The fraction of sp³-hybridized carbons (Fsp3) is 0.222. The van der Waals surface area contributed by atoms with Crippen molar-refractivity contribution in [3.8, 4) is 0 Å². The fourth-order valence-corrected chi connectivity index (χ4v) is 6.51. The van der Waals surface area contributed by atoms with Crippen LogP contribution in [0.1, 0.15) is 35.6 Å². The third-order valence-electron chi connectivity index (χ3n) is 5.98. The number of carbonyl (C=O) groups is 1. The Morgan fingerprint density at radius 1 is 0.848 bits per heavy atom. The van der Waals surface area contributed by atoms with E-state index in [1.807, 2.05) is 68.4 Å². The minimum atomic E-state index is -3.74. The second kappa shape index (κ2) is 8.42. The van der Waals surface area contributed by atoms with Gasteiger partial charge in [0.15, 0.2) is 5.78 Å². The first kappa shape index (κ1) is 21.8. The zero-order valence-corrected chi connectivity index (χ0v) is 19.5. The monoisotopic (exact) mass is 459 g/mol. The lowest BCUT2D eigenvalue weighted by Gasteiger charge is -2.38. The maximum Gasteiger partial charge on any atom is 0.357 e. The van der Waals surface area contributed by atoms with E-state index in [0.29, 0.717) is 5.56 Å². The van der Waals surface area contributed by atoms with Crippen LogP contribution in [0.25, 0.3) is 21.5 Å². The van der Waals surface area contributed by atoms with Crippen molar-refractivity contribution in [2.24, 2.45) is 5.41 Å². The highest BCUT2D eigenvalue weighted by molar-refractivity contribution is 7.54. The van der Waals surface area contributed by atoms with E-state index in [2.05, 4.69) is 11.4 Å². The summed E-state index contributed by atoms with van der Waals surface area (Å²) in [4.78, 5) is 13.3. The van der Waals surface area contributed by atoms with Crippen LogP contribution in [0.3, 0.4) is 0 Å². The van der Waals surface area contributed by atoms with E-state index in [4.69, 9.17) is 9.05 Å². The molecule has 5 nitrogen and oxygen atoms in total. The van der Waals surface area contributed by atoms with Crippen molar-refractivity contribution < 1.29 is 18.4 Å². The highest BCUT2D eigenvalue weighted by Crippen LogP contribution is 2.64. The van der Waals surface area contributed by atoms with Crippen molar-refractivity contribution in [2.75, 3.05) is 13.2 Å². The Labute approximate surface area is 193 Å². The number of hydrogen-bond donors (Lipinski definition) is 1. The van der Waals surface area contributed by atoms with Crippen LogP contribution in [-0.2, 0) is 13.6 Å². The lowest BCUT2D eigenvalue weighted by Crippen LogP contribution is -2.35. The van der Waals surface area contributed by atoms with Crippen molar-refractivity contribution in [1.82, 2.24) is 5.32 Å². The largest absolute Gasteiger partial charge is 0.357 e. The molecule has 1 fully saturated rings. The van der Waals surface area contributed by atoms with Gasteiger partial charge in [-0.05, 0) is 39.7 Å². The molecule has 0 spiro atoms.